The van der Waals surface area contributed by atoms with Crippen LogP contribution < -0.4 is 0 Å². The summed E-state index contributed by atoms with van der Waals surface area (Å²) in [5.74, 6) is -0.669. The van der Waals surface area contributed by atoms with Crippen LogP contribution in [-0.2, 0) is 11.2 Å². The Hall–Kier alpha value is -2.40. The Kier molecular flexibility index (Phi) is 4.90. The van der Waals surface area contributed by atoms with Gasteiger partial charge in [0, 0.05) is 6.42 Å². The molecule has 0 saturated carbocycles. The van der Waals surface area contributed by atoms with Crippen LogP contribution in [0.4, 0.5) is 0 Å². The van der Waals surface area contributed by atoms with Crippen LogP contribution in [0.1, 0.15) is 34.6 Å². The maximum Gasteiger partial charge on any atom is 0.154 e. The van der Waals surface area contributed by atoms with Crippen molar-refractivity contribution in [2.75, 3.05) is 0 Å². The van der Waals surface area contributed by atoms with Crippen molar-refractivity contribution >= 4 is 5.78 Å². The van der Waals surface area contributed by atoms with Crippen molar-refractivity contribution in [3.05, 3.63) is 70.8 Å². The molecule has 0 radical (unpaired) electrons. The molecule has 106 valence electrons. The summed E-state index contributed by atoms with van der Waals surface area (Å²) in [5, 5.41) is 9.28. The summed E-state index contributed by atoms with van der Waals surface area (Å²) in [5.41, 5.74) is 4.26. The highest BCUT2D eigenvalue weighted by atomic mass is 16.1. The van der Waals surface area contributed by atoms with Gasteiger partial charge in [-0.05, 0) is 31.4 Å². The van der Waals surface area contributed by atoms with Crippen LogP contribution in [0.25, 0.3) is 0 Å². The summed E-state index contributed by atoms with van der Waals surface area (Å²) in [7, 11) is 0. The fraction of sp³-hybridized carbons (Fsp3) is 0.263. The van der Waals surface area contributed by atoms with Crippen molar-refractivity contribution in [1.82, 2.24) is 0 Å². The van der Waals surface area contributed by atoms with Crippen molar-refractivity contribution in [2.24, 2.45) is 0 Å². The van der Waals surface area contributed by atoms with Gasteiger partial charge in [-0.15, -0.1) is 0 Å². The van der Waals surface area contributed by atoms with Gasteiger partial charge in [0.2, 0.25) is 0 Å². The molecule has 0 aromatic heterocycles. The Bertz CT molecular complexity index is 647. The highest BCUT2D eigenvalue weighted by molar-refractivity contribution is 5.88. The van der Waals surface area contributed by atoms with Gasteiger partial charge in [0.1, 0.15) is 5.92 Å². The topological polar surface area (TPSA) is 40.9 Å². The van der Waals surface area contributed by atoms with E-state index in [-0.39, 0.29) is 5.78 Å². The molecule has 2 heteroatoms. The molecule has 0 saturated heterocycles. The minimum atomic E-state index is -0.656. The van der Waals surface area contributed by atoms with Gasteiger partial charge in [0.25, 0.3) is 0 Å². The lowest BCUT2D eigenvalue weighted by atomic mass is 9.92. The average Bonchev–Trinajstić information content (AvgIpc) is 2.49. The quantitative estimate of drug-likeness (QED) is 0.825. The molecular weight excluding hydrogens is 258 g/mol. The van der Waals surface area contributed by atoms with E-state index in [9.17, 15) is 10.1 Å². The van der Waals surface area contributed by atoms with E-state index < -0.39 is 5.92 Å². The zero-order valence-electron chi connectivity index (χ0n) is 12.5. The minimum Gasteiger partial charge on any atom is -0.298 e. The number of ketones is 1. The summed E-state index contributed by atoms with van der Waals surface area (Å²) >= 11 is 0. The molecule has 0 fully saturated rings. The van der Waals surface area contributed by atoms with Gasteiger partial charge in [-0.3, -0.25) is 4.79 Å². The standard InChI is InChI=1S/C19H19NO/c1-14-3-7-16(8-4-14)9-12-19(21)18(13-20)17-10-5-15(2)6-11-17/h3-8,10-11,18H,9,12H2,1-2H3. The fourth-order valence-electron chi connectivity index (χ4n) is 2.26. The first-order valence-electron chi connectivity index (χ1n) is 7.14. The molecular formula is C19H19NO. The first-order chi connectivity index (χ1) is 10.1. The molecule has 0 N–H and O–H groups in total. The second-order valence-corrected chi connectivity index (χ2v) is 5.42. The molecule has 1 atom stereocenters. The summed E-state index contributed by atoms with van der Waals surface area (Å²) in [4.78, 5) is 12.3. The Balaban J connectivity index is 2.02. The van der Waals surface area contributed by atoms with Gasteiger partial charge in [0.05, 0.1) is 6.07 Å². The zero-order chi connectivity index (χ0) is 15.2. The maximum absolute atomic E-state index is 12.3. The van der Waals surface area contributed by atoms with E-state index in [0.717, 1.165) is 16.7 Å². The van der Waals surface area contributed by atoms with E-state index in [1.807, 2.05) is 62.4 Å². The largest absolute Gasteiger partial charge is 0.298 e. The molecule has 0 bridgehead atoms. The lowest BCUT2D eigenvalue weighted by molar-refractivity contribution is -0.119. The number of benzene rings is 2. The van der Waals surface area contributed by atoms with E-state index in [1.165, 1.54) is 5.56 Å². The Morgan fingerprint density at radius 1 is 1.00 bits per heavy atom. The van der Waals surface area contributed by atoms with Crippen LogP contribution in [0.2, 0.25) is 0 Å². The van der Waals surface area contributed by atoms with Crippen molar-refractivity contribution in [2.45, 2.75) is 32.6 Å². The third kappa shape index (κ3) is 4.03. The Morgan fingerprint density at radius 3 is 2.05 bits per heavy atom. The first-order valence-corrected chi connectivity index (χ1v) is 7.14. The van der Waals surface area contributed by atoms with Crippen molar-refractivity contribution in [3.8, 4) is 6.07 Å². The highest BCUT2D eigenvalue weighted by Crippen LogP contribution is 2.19. The predicted molar refractivity (Wildman–Crippen MR) is 84.0 cm³/mol. The van der Waals surface area contributed by atoms with Gasteiger partial charge >= 0.3 is 0 Å². The van der Waals surface area contributed by atoms with E-state index >= 15 is 0 Å². The predicted octanol–water partition coefficient (Wildman–Crippen LogP) is 4.11. The number of carbonyl (C=O) groups excluding carboxylic acids is 1. The zero-order valence-corrected chi connectivity index (χ0v) is 12.5. The van der Waals surface area contributed by atoms with Crippen LogP contribution in [0.15, 0.2) is 48.5 Å². The van der Waals surface area contributed by atoms with Crippen LogP contribution >= 0.6 is 0 Å². The van der Waals surface area contributed by atoms with Crippen molar-refractivity contribution in [1.29, 1.82) is 5.26 Å². The minimum absolute atomic E-state index is 0.0121. The number of nitrogens with zero attached hydrogens (tertiary/aromatic N) is 1. The van der Waals surface area contributed by atoms with Gasteiger partial charge in [-0.25, -0.2) is 0 Å². The third-order valence-corrected chi connectivity index (χ3v) is 3.64. The van der Waals surface area contributed by atoms with E-state index in [1.54, 1.807) is 0 Å². The van der Waals surface area contributed by atoms with Gasteiger partial charge < -0.3 is 0 Å². The molecule has 2 nitrogen and oxygen atoms in total. The fourth-order valence-corrected chi connectivity index (χ4v) is 2.26. The SMILES string of the molecule is Cc1ccc(CCC(=O)C(C#N)c2ccc(C)cc2)cc1. The monoisotopic (exact) mass is 277 g/mol. The molecule has 0 aliphatic heterocycles. The van der Waals surface area contributed by atoms with Crippen LogP contribution in [-0.4, -0.2) is 5.78 Å². The molecule has 0 heterocycles. The summed E-state index contributed by atoms with van der Waals surface area (Å²) < 4.78 is 0. The number of carbonyl (C=O) groups is 1. The number of nitriles is 1. The van der Waals surface area contributed by atoms with Crippen molar-refractivity contribution < 1.29 is 4.79 Å². The molecule has 0 spiro atoms. The Labute approximate surface area is 126 Å². The molecule has 2 rings (SSSR count). The molecule has 2 aromatic carbocycles. The second-order valence-electron chi connectivity index (χ2n) is 5.42. The van der Waals surface area contributed by atoms with Crippen LogP contribution in [0, 0.1) is 25.2 Å². The second kappa shape index (κ2) is 6.85. The lowest BCUT2D eigenvalue weighted by Gasteiger charge is -2.09. The number of Topliss-reactive ketones (excluding diaryl/α,β-unsaturated/α-hetero) is 1. The van der Waals surface area contributed by atoms with Crippen molar-refractivity contribution in [3.63, 3.8) is 0 Å². The third-order valence-electron chi connectivity index (χ3n) is 3.64. The normalized spacial score (nSPS) is 11.7. The number of hydrogen-bond donors (Lipinski definition) is 0. The molecule has 0 amide bonds. The van der Waals surface area contributed by atoms with Gasteiger partial charge in [-0.1, -0.05) is 59.7 Å². The Morgan fingerprint density at radius 2 is 1.52 bits per heavy atom. The van der Waals surface area contributed by atoms with E-state index in [0.29, 0.717) is 12.8 Å². The summed E-state index contributed by atoms with van der Waals surface area (Å²) in [6.07, 6.45) is 1.08. The van der Waals surface area contributed by atoms with Gasteiger partial charge in [-0.2, -0.15) is 5.26 Å². The summed E-state index contributed by atoms with van der Waals surface area (Å²) in [6, 6.07) is 17.9. The lowest BCUT2D eigenvalue weighted by Crippen LogP contribution is -2.11. The van der Waals surface area contributed by atoms with Crippen LogP contribution in [0.5, 0.6) is 0 Å². The molecule has 0 aliphatic rings. The van der Waals surface area contributed by atoms with Crippen LogP contribution in [0.3, 0.4) is 0 Å². The number of aryl methyl sites for hydroxylation is 3. The first kappa shape index (κ1) is 15.0. The molecule has 2 aromatic rings. The molecule has 1 unspecified atom stereocenters. The highest BCUT2D eigenvalue weighted by Gasteiger charge is 2.19. The molecule has 21 heavy (non-hydrogen) atoms. The molecule has 0 aliphatic carbocycles. The van der Waals surface area contributed by atoms with Gasteiger partial charge in [0.15, 0.2) is 5.78 Å². The van der Waals surface area contributed by atoms with E-state index in [2.05, 4.69) is 6.07 Å². The smallest absolute Gasteiger partial charge is 0.154 e. The van der Waals surface area contributed by atoms with E-state index in [4.69, 9.17) is 0 Å². The number of hydrogen-bond acceptors (Lipinski definition) is 2. The number of rotatable bonds is 5. The maximum atomic E-state index is 12.3. The average molecular weight is 277 g/mol. The summed E-state index contributed by atoms with van der Waals surface area (Å²) in [6.45, 7) is 4.03.